The minimum atomic E-state index is -0.499. The molecule has 0 unspecified atom stereocenters. The molecule has 0 aromatic heterocycles. The Balaban J connectivity index is 1.96. The standard InChI is InChI=1S/C20H26N4O4/c1-5-28-18-12-16(10-11-17(18)26-3)23-19(21-2)22-13-14-6-8-15(9-7-14)24-20(25)27-4/h6-12H,5,13H2,1-4H3,(H,24,25)(H2,21,22,23). The number of benzene rings is 2. The number of hydrogen-bond donors (Lipinski definition) is 3. The number of carbonyl (C=O) groups excluding carboxylic acids is 1. The van der Waals surface area contributed by atoms with Crippen LogP contribution in [0.3, 0.4) is 0 Å². The van der Waals surface area contributed by atoms with Crippen molar-refractivity contribution in [2.24, 2.45) is 4.99 Å². The second kappa shape index (κ2) is 10.7. The summed E-state index contributed by atoms with van der Waals surface area (Å²) >= 11 is 0. The summed E-state index contributed by atoms with van der Waals surface area (Å²) in [5.41, 5.74) is 2.53. The lowest BCUT2D eigenvalue weighted by molar-refractivity contribution is 0.187. The molecule has 3 N–H and O–H groups in total. The molecule has 0 saturated heterocycles. The van der Waals surface area contributed by atoms with Crippen molar-refractivity contribution >= 4 is 23.4 Å². The molecule has 150 valence electrons. The minimum absolute atomic E-state index is 0.499. The third kappa shape index (κ3) is 6.08. The number of aliphatic imine (C=N–C) groups is 1. The van der Waals surface area contributed by atoms with Gasteiger partial charge < -0.3 is 24.8 Å². The van der Waals surface area contributed by atoms with Crippen molar-refractivity contribution in [3.63, 3.8) is 0 Å². The Bertz CT molecular complexity index is 806. The fourth-order valence-electron chi connectivity index (χ4n) is 2.40. The number of guanidine groups is 1. The first-order chi connectivity index (χ1) is 13.6. The van der Waals surface area contributed by atoms with Gasteiger partial charge in [0.05, 0.1) is 20.8 Å². The molecular formula is C20H26N4O4. The molecule has 0 heterocycles. The third-order valence-corrected chi connectivity index (χ3v) is 3.80. The lowest BCUT2D eigenvalue weighted by Gasteiger charge is -2.15. The molecule has 2 aromatic carbocycles. The van der Waals surface area contributed by atoms with E-state index in [2.05, 4.69) is 25.7 Å². The van der Waals surface area contributed by atoms with E-state index in [1.54, 1.807) is 14.2 Å². The van der Waals surface area contributed by atoms with Crippen LogP contribution in [0, 0.1) is 0 Å². The van der Waals surface area contributed by atoms with Crippen molar-refractivity contribution in [1.29, 1.82) is 0 Å². The van der Waals surface area contributed by atoms with Crippen LogP contribution in [0.4, 0.5) is 16.2 Å². The van der Waals surface area contributed by atoms with E-state index in [4.69, 9.17) is 9.47 Å². The summed E-state index contributed by atoms with van der Waals surface area (Å²) in [5.74, 6) is 1.96. The highest BCUT2D eigenvalue weighted by Gasteiger charge is 2.07. The maximum absolute atomic E-state index is 11.2. The first-order valence-corrected chi connectivity index (χ1v) is 8.82. The molecule has 8 nitrogen and oxygen atoms in total. The average Bonchev–Trinajstić information content (AvgIpc) is 2.72. The zero-order valence-corrected chi connectivity index (χ0v) is 16.5. The number of nitrogens with zero attached hydrogens (tertiary/aromatic N) is 1. The van der Waals surface area contributed by atoms with Crippen LogP contribution in [0.2, 0.25) is 0 Å². The molecule has 8 heteroatoms. The molecule has 0 saturated carbocycles. The molecule has 2 rings (SSSR count). The van der Waals surface area contributed by atoms with Crippen molar-refractivity contribution in [1.82, 2.24) is 5.32 Å². The van der Waals surface area contributed by atoms with Gasteiger partial charge in [0.25, 0.3) is 0 Å². The van der Waals surface area contributed by atoms with Gasteiger partial charge in [0.2, 0.25) is 0 Å². The van der Waals surface area contributed by atoms with E-state index in [-0.39, 0.29) is 0 Å². The van der Waals surface area contributed by atoms with Gasteiger partial charge in [-0.2, -0.15) is 0 Å². The zero-order chi connectivity index (χ0) is 20.4. The highest BCUT2D eigenvalue weighted by atomic mass is 16.5. The number of ether oxygens (including phenoxy) is 3. The summed E-state index contributed by atoms with van der Waals surface area (Å²) < 4.78 is 15.5. The van der Waals surface area contributed by atoms with Gasteiger partial charge in [0, 0.05) is 31.0 Å². The molecule has 0 fully saturated rings. The molecule has 28 heavy (non-hydrogen) atoms. The summed E-state index contributed by atoms with van der Waals surface area (Å²) in [5, 5.41) is 9.08. The minimum Gasteiger partial charge on any atom is -0.493 e. The molecule has 0 aliphatic carbocycles. The van der Waals surface area contributed by atoms with Crippen molar-refractivity contribution in [3.8, 4) is 11.5 Å². The van der Waals surface area contributed by atoms with Gasteiger partial charge in [-0.15, -0.1) is 0 Å². The van der Waals surface area contributed by atoms with Crippen LogP contribution >= 0.6 is 0 Å². The maximum Gasteiger partial charge on any atom is 0.411 e. The molecule has 0 bridgehead atoms. The normalized spacial score (nSPS) is 10.8. The molecule has 0 spiro atoms. The maximum atomic E-state index is 11.2. The highest BCUT2D eigenvalue weighted by Crippen LogP contribution is 2.30. The molecule has 0 atom stereocenters. The number of hydrogen-bond acceptors (Lipinski definition) is 5. The Morgan fingerprint density at radius 1 is 1.00 bits per heavy atom. The monoisotopic (exact) mass is 386 g/mol. The van der Waals surface area contributed by atoms with E-state index in [0.29, 0.717) is 36.3 Å². The molecular weight excluding hydrogens is 360 g/mol. The van der Waals surface area contributed by atoms with E-state index in [9.17, 15) is 4.79 Å². The second-order valence-corrected chi connectivity index (χ2v) is 5.66. The van der Waals surface area contributed by atoms with Crippen molar-refractivity contribution < 1.29 is 19.0 Å². The predicted octanol–water partition coefficient (Wildman–Crippen LogP) is 3.46. The smallest absolute Gasteiger partial charge is 0.411 e. The van der Waals surface area contributed by atoms with Crippen molar-refractivity contribution in [3.05, 3.63) is 48.0 Å². The van der Waals surface area contributed by atoms with Crippen LogP contribution in [0.1, 0.15) is 12.5 Å². The molecule has 2 aromatic rings. The fourth-order valence-corrected chi connectivity index (χ4v) is 2.40. The van der Waals surface area contributed by atoms with Crippen LogP contribution < -0.4 is 25.4 Å². The van der Waals surface area contributed by atoms with Gasteiger partial charge in [-0.1, -0.05) is 12.1 Å². The summed E-state index contributed by atoms with van der Waals surface area (Å²) in [6, 6.07) is 13.0. The van der Waals surface area contributed by atoms with Crippen molar-refractivity contribution in [2.75, 3.05) is 38.5 Å². The van der Waals surface area contributed by atoms with Crippen LogP contribution in [0.15, 0.2) is 47.5 Å². The fraction of sp³-hybridized carbons (Fsp3) is 0.300. The Kier molecular flexibility index (Phi) is 7.95. The predicted molar refractivity (Wildman–Crippen MR) is 110 cm³/mol. The lowest BCUT2D eigenvalue weighted by Crippen LogP contribution is -2.30. The van der Waals surface area contributed by atoms with Gasteiger partial charge in [-0.05, 0) is 36.8 Å². The summed E-state index contributed by atoms with van der Waals surface area (Å²) in [7, 11) is 4.63. The van der Waals surface area contributed by atoms with Crippen LogP contribution in [0.5, 0.6) is 11.5 Å². The number of nitrogens with one attached hydrogen (secondary N) is 3. The second-order valence-electron chi connectivity index (χ2n) is 5.66. The zero-order valence-electron chi connectivity index (χ0n) is 16.5. The van der Waals surface area contributed by atoms with Gasteiger partial charge >= 0.3 is 6.09 Å². The summed E-state index contributed by atoms with van der Waals surface area (Å²) in [4.78, 5) is 15.4. The Morgan fingerprint density at radius 2 is 1.71 bits per heavy atom. The highest BCUT2D eigenvalue weighted by molar-refractivity contribution is 5.93. The first-order valence-electron chi connectivity index (χ1n) is 8.82. The van der Waals surface area contributed by atoms with E-state index in [1.165, 1.54) is 7.11 Å². The summed E-state index contributed by atoms with van der Waals surface area (Å²) in [6.07, 6.45) is -0.499. The van der Waals surface area contributed by atoms with Gasteiger partial charge in [0.1, 0.15) is 0 Å². The Hall–Kier alpha value is -3.42. The van der Waals surface area contributed by atoms with Crippen LogP contribution in [-0.4, -0.2) is 39.9 Å². The number of methoxy groups -OCH3 is 2. The van der Waals surface area contributed by atoms with Crippen LogP contribution in [-0.2, 0) is 11.3 Å². The van der Waals surface area contributed by atoms with E-state index >= 15 is 0 Å². The number of rotatable bonds is 7. The van der Waals surface area contributed by atoms with E-state index in [1.807, 2.05) is 49.4 Å². The topological polar surface area (TPSA) is 93.2 Å². The van der Waals surface area contributed by atoms with Gasteiger partial charge in [-0.25, -0.2) is 4.79 Å². The SMILES string of the molecule is CCOc1cc(NC(=NC)NCc2ccc(NC(=O)OC)cc2)ccc1OC. The molecule has 0 aliphatic heterocycles. The summed E-state index contributed by atoms with van der Waals surface area (Å²) in [6.45, 7) is 3.03. The quantitative estimate of drug-likeness (QED) is 0.498. The number of carbonyl (C=O) groups is 1. The largest absolute Gasteiger partial charge is 0.493 e. The van der Waals surface area contributed by atoms with Gasteiger partial charge in [-0.3, -0.25) is 10.3 Å². The molecule has 0 aliphatic rings. The number of anilines is 2. The van der Waals surface area contributed by atoms with Crippen molar-refractivity contribution in [2.45, 2.75) is 13.5 Å². The molecule has 1 amide bonds. The van der Waals surface area contributed by atoms with E-state index < -0.39 is 6.09 Å². The Labute approximate surface area is 164 Å². The Morgan fingerprint density at radius 3 is 2.32 bits per heavy atom. The van der Waals surface area contributed by atoms with E-state index in [0.717, 1.165) is 11.3 Å². The lowest BCUT2D eigenvalue weighted by atomic mass is 10.2. The number of amides is 1. The van der Waals surface area contributed by atoms with Gasteiger partial charge in [0.15, 0.2) is 17.5 Å². The third-order valence-electron chi connectivity index (χ3n) is 3.80. The van der Waals surface area contributed by atoms with Crippen LogP contribution in [0.25, 0.3) is 0 Å². The molecule has 0 radical (unpaired) electrons. The first kappa shape index (κ1) is 20.9. The average molecular weight is 386 g/mol.